The van der Waals surface area contributed by atoms with Crippen LogP contribution in [0, 0.1) is 35.4 Å². The summed E-state index contributed by atoms with van der Waals surface area (Å²) in [4.78, 5) is 28.1. The largest absolute Gasteiger partial charge is 0.390 e. The molecule has 1 aliphatic carbocycles. The second kappa shape index (κ2) is 14.9. The van der Waals surface area contributed by atoms with Gasteiger partial charge < -0.3 is 14.3 Å². The molecule has 4 rings (SSSR count). The van der Waals surface area contributed by atoms with Gasteiger partial charge in [0, 0.05) is 32.0 Å². The summed E-state index contributed by atoms with van der Waals surface area (Å²) in [6.07, 6.45) is 8.37. The Morgan fingerprint density at radius 3 is 2.37 bits per heavy atom. The summed E-state index contributed by atoms with van der Waals surface area (Å²) in [6.45, 7) is 11.3. The zero-order chi connectivity index (χ0) is 30.7. The SMILES string of the molecule is CC.CN(c1c(C#N)c(=O)n(C)c2ccc(C#N)nc12)C1CCCCC1.Cc1nccc(F)c1/C=N\OC(C)(C)C. The van der Waals surface area contributed by atoms with Crippen LogP contribution in [0.25, 0.3) is 11.0 Å². The maximum Gasteiger partial charge on any atom is 0.270 e. The highest BCUT2D eigenvalue weighted by Gasteiger charge is 2.25. The first kappa shape index (κ1) is 32.9. The first-order valence-corrected chi connectivity index (χ1v) is 13.9. The van der Waals surface area contributed by atoms with Gasteiger partial charge in [-0.05, 0) is 58.7 Å². The number of halogens is 1. The lowest BCUT2D eigenvalue weighted by Crippen LogP contribution is -2.36. The van der Waals surface area contributed by atoms with Gasteiger partial charge in [0.15, 0.2) is 0 Å². The molecule has 0 bridgehead atoms. The highest BCUT2D eigenvalue weighted by Crippen LogP contribution is 2.32. The van der Waals surface area contributed by atoms with Gasteiger partial charge in [-0.2, -0.15) is 10.5 Å². The van der Waals surface area contributed by atoms with Crippen molar-refractivity contribution in [3.05, 3.63) is 63.1 Å². The fourth-order valence-corrected chi connectivity index (χ4v) is 4.49. The van der Waals surface area contributed by atoms with Crippen LogP contribution in [0.15, 0.2) is 34.3 Å². The number of fused-ring (bicyclic) bond motifs is 1. The smallest absolute Gasteiger partial charge is 0.270 e. The van der Waals surface area contributed by atoms with Crippen LogP contribution in [0.4, 0.5) is 10.1 Å². The summed E-state index contributed by atoms with van der Waals surface area (Å²) in [5, 5.41) is 22.5. The maximum atomic E-state index is 13.3. The summed E-state index contributed by atoms with van der Waals surface area (Å²) in [7, 11) is 3.55. The normalized spacial score (nSPS) is 13.3. The molecule has 3 heterocycles. The van der Waals surface area contributed by atoms with Crippen molar-refractivity contribution in [1.82, 2.24) is 14.5 Å². The molecule has 9 nitrogen and oxygen atoms in total. The van der Waals surface area contributed by atoms with Crippen molar-refractivity contribution < 1.29 is 9.23 Å². The van der Waals surface area contributed by atoms with E-state index in [2.05, 4.69) is 21.2 Å². The van der Waals surface area contributed by atoms with Crippen LogP contribution in [0.3, 0.4) is 0 Å². The lowest BCUT2D eigenvalue weighted by atomic mass is 9.93. The molecule has 1 fully saturated rings. The molecule has 1 aliphatic rings. The number of rotatable bonds is 4. The van der Waals surface area contributed by atoms with Gasteiger partial charge in [0.05, 0.1) is 23.0 Å². The van der Waals surface area contributed by atoms with E-state index < -0.39 is 0 Å². The predicted octanol–water partition coefficient (Wildman–Crippen LogP) is 6.15. The van der Waals surface area contributed by atoms with Crippen LogP contribution in [-0.4, -0.2) is 39.4 Å². The average molecular weight is 562 g/mol. The standard InChI is InChI=1S/C18H19N5O.C11H15FN2O.C2H6/c1-22(13-6-4-3-5-7-13)17-14(11-20)18(24)23(2)15-9-8-12(10-19)21-16(15)17;1-8-9(10(12)5-6-13-8)7-14-15-11(2,3)4;1-2/h8-9,13H,3-7H2,1-2H3;5-7H,1-4H3;1-2H3/b;14-7-;. The summed E-state index contributed by atoms with van der Waals surface area (Å²) < 4.78 is 14.7. The monoisotopic (exact) mass is 561 g/mol. The topological polar surface area (TPSA) is 120 Å². The van der Waals surface area contributed by atoms with Gasteiger partial charge in [0.2, 0.25) is 0 Å². The van der Waals surface area contributed by atoms with Crippen molar-refractivity contribution in [3.63, 3.8) is 0 Å². The van der Waals surface area contributed by atoms with E-state index in [-0.39, 0.29) is 34.3 Å². The Labute approximate surface area is 241 Å². The maximum absolute atomic E-state index is 13.3. The molecule has 218 valence electrons. The molecular formula is C31H40FN7O2. The lowest BCUT2D eigenvalue weighted by Gasteiger charge is -2.33. The number of pyridine rings is 3. The number of nitrogens with zero attached hydrogens (tertiary/aromatic N) is 7. The minimum absolute atomic E-state index is 0.0978. The second-order valence-electron chi connectivity index (χ2n) is 10.5. The van der Waals surface area contributed by atoms with Crippen molar-refractivity contribution in [2.45, 2.75) is 85.3 Å². The third kappa shape index (κ3) is 8.34. The number of aryl methyl sites for hydroxylation is 2. The van der Waals surface area contributed by atoms with E-state index in [9.17, 15) is 14.4 Å². The third-order valence-electron chi connectivity index (χ3n) is 6.56. The molecule has 0 saturated heterocycles. The summed E-state index contributed by atoms with van der Waals surface area (Å²) >= 11 is 0. The lowest BCUT2D eigenvalue weighted by molar-refractivity contribution is 0.00195. The third-order valence-corrected chi connectivity index (χ3v) is 6.56. The van der Waals surface area contributed by atoms with E-state index >= 15 is 0 Å². The highest BCUT2D eigenvalue weighted by molar-refractivity contribution is 5.92. The van der Waals surface area contributed by atoms with Gasteiger partial charge >= 0.3 is 0 Å². The molecular weight excluding hydrogens is 521 g/mol. The number of nitriles is 2. The molecule has 0 spiro atoms. The number of aromatic nitrogens is 3. The summed E-state index contributed by atoms with van der Waals surface area (Å²) in [5.74, 6) is -0.344. The quantitative estimate of drug-likeness (QED) is 0.277. The van der Waals surface area contributed by atoms with Crippen molar-refractivity contribution in [2.24, 2.45) is 12.2 Å². The number of hydrogen-bond acceptors (Lipinski definition) is 8. The Bertz CT molecular complexity index is 1480. The highest BCUT2D eigenvalue weighted by atomic mass is 19.1. The van der Waals surface area contributed by atoms with Crippen LogP contribution in [0.5, 0.6) is 0 Å². The van der Waals surface area contributed by atoms with E-state index in [0.29, 0.717) is 28.0 Å². The van der Waals surface area contributed by atoms with Gasteiger partial charge in [0.1, 0.15) is 40.3 Å². The fourth-order valence-electron chi connectivity index (χ4n) is 4.49. The molecule has 1 saturated carbocycles. The molecule has 0 aromatic carbocycles. The van der Waals surface area contributed by atoms with Gasteiger partial charge in [-0.25, -0.2) is 9.37 Å². The number of hydrogen-bond donors (Lipinski definition) is 0. The Hall–Kier alpha value is -4.31. The van der Waals surface area contributed by atoms with Crippen LogP contribution in [-0.2, 0) is 11.9 Å². The Balaban J connectivity index is 0.000000298. The molecule has 3 aromatic heterocycles. The molecule has 0 amide bonds. The Morgan fingerprint density at radius 2 is 1.80 bits per heavy atom. The van der Waals surface area contributed by atoms with Crippen LogP contribution in [0.1, 0.15) is 89.2 Å². The van der Waals surface area contributed by atoms with E-state index in [1.807, 2.05) is 52.6 Å². The minimum atomic E-state index is -0.372. The molecule has 0 unspecified atom stereocenters. The van der Waals surface area contributed by atoms with Crippen LogP contribution >= 0.6 is 0 Å². The van der Waals surface area contributed by atoms with Gasteiger partial charge in [-0.15, -0.1) is 0 Å². The Kier molecular flexibility index (Phi) is 12.0. The summed E-state index contributed by atoms with van der Waals surface area (Å²) in [5.41, 5.74) is 2.37. The van der Waals surface area contributed by atoms with Crippen molar-refractivity contribution >= 4 is 22.9 Å². The number of anilines is 1. The first-order valence-electron chi connectivity index (χ1n) is 13.9. The van der Waals surface area contributed by atoms with Crippen molar-refractivity contribution in [3.8, 4) is 12.1 Å². The predicted molar refractivity (Wildman–Crippen MR) is 160 cm³/mol. The molecule has 3 aromatic rings. The molecule has 0 atom stereocenters. The average Bonchev–Trinajstić information content (AvgIpc) is 2.97. The molecule has 0 radical (unpaired) electrons. The fraction of sp³-hybridized carbons (Fsp3) is 0.484. The van der Waals surface area contributed by atoms with Gasteiger partial charge in [0.25, 0.3) is 5.56 Å². The molecule has 0 aliphatic heterocycles. The van der Waals surface area contributed by atoms with E-state index in [1.165, 1.54) is 29.5 Å². The second-order valence-corrected chi connectivity index (χ2v) is 10.5. The first-order chi connectivity index (χ1) is 19.5. The van der Waals surface area contributed by atoms with E-state index in [4.69, 9.17) is 10.1 Å². The van der Waals surface area contributed by atoms with Crippen molar-refractivity contribution in [2.75, 3.05) is 11.9 Å². The van der Waals surface area contributed by atoms with E-state index in [1.54, 1.807) is 26.1 Å². The van der Waals surface area contributed by atoms with Crippen molar-refractivity contribution in [1.29, 1.82) is 10.5 Å². The molecule has 0 N–H and O–H groups in total. The van der Waals surface area contributed by atoms with Gasteiger partial charge in [-0.1, -0.05) is 38.3 Å². The van der Waals surface area contributed by atoms with Crippen LogP contribution in [0.2, 0.25) is 0 Å². The number of oxime groups is 1. The minimum Gasteiger partial charge on any atom is -0.390 e. The Morgan fingerprint density at radius 1 is 1.15 bits per heavy atom. The molecule has 10 heteroatoms. The summed E-state index contributed by atoms with van der Waals surface area (Å²) in [6, 6.07) is 9.00. The molecule has 41 heavy (non-hydrogen) atoms. The van der Waals surface area contributed by atoms with Gasteiger partial charge in [-0.3, -0.25) is 9.78 Å². The van der Waals surface area contributed by atoms with Crippen LogP contribution < -0.4 is 10.5 Å². The zero-order valence-electron chi connectivity index (χ0n) is 25.3. The van der Waals surface area contributed by atoms with E-state index in [0.717, 1.165) is 25.7 Å². The zero-order valence-corrected chi connectivity index (χ0v) is 25.3.